The summed E-state index contributed by atoms with van der Waals surface area (Å²) >= 11 is 12.6. The zero-order chi connectivity index (χ0) is 14.3. The molecule has 0 saturated heterocycles. The number of H-pyrrole nitrogens is 1. The van der Waals surface area contributed by atoms with Crippen molar-refractivity contribution in [3.8, 4) is 11.4 Å². The van der Waals surface area contributed by atoms with Gasteiger partial charge in [0.25, 0.3) is 0 Å². The number of aromatic nitrogens is 2. The van der Waals surface area contributed by atoms with Crippen LogP contribution in [0.3, 0.4) is 0 Å². The molecule has 0 saturated carbocycles. The van der Waals surface area contributed by atoms with Crippen LogP contribution in [-0.2, 0) is 0 Å². The molecule has 3 nitrogen and oxygen atoms in total. The molecule has 3 aromatic rings. The van der Waals surface area contributed by atoms with Gasteiger partial charge in [0.05, 0.1) is 23.8 Å². The summed E-state index contributed by atoms with van der Waals surface area (Å²) < 4.78 is 9.85. The number of nitrogens with one attached hydrogen (secondary N) is 1. The van der Waals surface area contributed by atoms with Crippen molar-refractivity contribution in [2.24, 2.45) is 0 Å². The predicted octanol–water partition coefficient (Wildman–Crippen LogP) is 5.22. The lowest BCUT2D eigenvalue weighted by Crippen LogP contribution is -1.97. The Bertz CT molecular complexity index is 834. The van der Waals surface area contributed by atoms with Crippen molar-refractivity contribution >= 4 is 55.1 Å². The molecule has 6 heteroatoms. The molecule has 2 aromatic carbocycles. The summed E-state index contributed by atoms with van der Waals surface area (Å²) in [5.41, 5.74) is 2.91. The van der Waals surface area contributed by atoms with E-state index in [1.807, 2.05) is 41.0 Å². The van der Waals surface area contributed by atoms with E-state index in [-0.39, 0.29) is 0 Å². The molecule has 1 heterocycles. The van der Waals surface area contributed by atoms with Crippen molar-refractivity contribution in [3.63, 3.8) is 0 Å². The normalized spacial score (nSPS) is 10.9. The lowest BCUT2D eigenvalue weighted by Gasteiger charge is -2.10. The number of benzene rings is 2. The molecular formula is C14H10Br2N2OS. The van der Waals surface area contributed by atoms with E-state index in [0.717, 1.165) is 31.4 Å². The van der Waals surface area contributed by atoms with Crippen LogP contribution in [0.15, 0.2) is 45.3 Å². The minimum absolute atomic E-state index is 0.640. The van der Waals surface area contributed by atoms with Crippen molar-refractivity contribution in [1.29, 1.82) is 0 Å². The molecule has 0 aliphatic rings. The average Bonchev–Trinajstić information content (AvgIpc) is 2.74. The van der Waals surface area contributed by atoms with Crippen molar-refractivity contribution in [2.75, 3.05) is 7.11 Å². The van der Waals surface area contributed by atoms with Crippen LogP contribution in [0.4, 0.5) is 0 Å². The maximum atomic E-state index is 5.46. The molecular weight excluding hydrogens is 404 g/mol. The summed E-state index contributed by atoms with van der Waals surface area (Å²) in [5.74, 6) is 0.795. The molecule has 0 atom stereocenters. The lowest BCUT2D eigenvalue weighted by atomic mass is 10.2. The van der Waals surface area contributed by atoms with Crippen LogP contribution >= 0.6 is 44.1 Å². The SMILES string of the molecule is COc1ccc2[nH]c(=S)n(-c3c(Br)cccc3Br)c2c1. The first-order valence-corrected chi connectivity index (χ1v) is 7.84. The van der Waals surface area contributed by atoms with E-state index in [1.165, 1.54) is 0 Å². The number of nitrogens with zero attached hydrogens (tertiary/aromatic N) is 1. The predicted molar refractivity (Wildman–Crippen MR) is 90.4 cm³/mol. The van der Waals surface area contributed by atoms with Crippen LogP contribution in [0, 0.1) is 4.77 Å². The van der Waals surface area contributed by atoms with E-state index in [2.05, 4.69) is 36.8 Å². The fourth-order valence-corrected chi connectivity index (χ4v) is 3.79. The van der Waals surface area contributed by atoms with Crippen LogP contribution in [-0.4, -0.2) is 16.7 Å². The largest absolute Gasteiger partial charge is 0.497 e. The van der Waals surface area contributed by atoms with Gasteiger partial charge in [0, 0.05) is 15.0 Å². The summed E-state index contributed by atoms with van der Waals surface area (Å²) in [6.45, 7) is 0. The second kappa shape index (κ2) is 5.35. The van der Waals surface area contributed by atoms with Crippen molar-refractivity contribution in [1.82, 2.24) is 9.55 Å². The van der Waals surface area contributed by atoms with Crippen LogP contribution < -0.4 is 4.74 Å². The fourth-order valence-electron chi connectivity index (χ4n) is 2.13. The number of halogens is 2. The topological polar surface area (TPSA) is 29.9 Å². The average molecular weight is 414 g/mol. The summed E-state index contributed by atoms with van der Waals surface area (Å²) in [6, 6.07) is 11.8. The molecule has 3 rings (SSSR count). The van der Waals surface area contributed by atoms with Gasteiger partial charge in [-0.1, -0.05) is 6.07 Å². The minimum atomic E-state index is 0.640. The standard InChI is InChI=1S/C14H10Br2N2OS/c1-19-8-5-6-11-12(7-8)18(14(20)17-11)13-9(15)3-2-4-10(13)16/h2-7H,1H3,(H,17,20). The van der Waals surface area contributed by atoms with Crippen LogP contribution in [0.5, 0.6) is 5.75 Å². The highest BCUT2D eigenvalue weighted by molar-refractivity contribution is 9.11. The Morgan fingerprint density at radius 1 is 1.15 bits per heavy atom. The molecule has 0 bridgehead atoms. The van der Waals surface area contributed by atoms with E-state index in [1.54, 1.807) is 7.11 Å². The van der Waals surface area contributed by atoms with Crippen molar-refractivity contribution < 1.29 is 4.74 Å². The maximum absolute atomic E-state index is 5.46. The summed E-state index contributed by atoms with van der Waals surface area (Å²) in [4.78, 5) is 3.21. The Morgan fingerprint density at radius 2 is 1.85 bits per heavy atom. The second-order valence-corrected chi connectivity index (χ2v) is 6.31. The van der Waals surface area contributed by atoms with Gasteiger partial charge in [-0.3, -0.25) is 4.57 Å². The van der Waals surface area contributed by atoms with Crippen molar-refractivity contribution in [3.05, 3.63) is 50.1 Å². The van der Waals surface area contributed by atoms with E-state index in [9.17, 15) is 0 Å². The smallest absolute Gasteiger partial charge is 0.182 e. The highest BCUT2D eigenvalue weighted by Gasteiger charge is 2.13. The van der Waals surface area contributed by atoms with Gasteiger partial charge in [0.1, 0.15) is 5.75 Å². The van der Waals surface area contributed by atoms with Crippen LogP contribution in [0.25, 0.3) is 16.7 Å². The van der Waals surface area contributed by atoms with Gasteiger partial charge in [0.15, 0.2) is 4.77 Å². The molecule has 0 amide bonds. The Hall–Kier alpha value is -1.11. The first-order valence-electron chi connectivity index (χ1n) is 5.85. The van der Waals surface area contributed by atoms with E-state index >= 15 is 0 Å². The number of fused-ring (bicyclic) bond motifs is 1. The molecule has 102 valence electrons. The second-order valence-electron chi connectivity index (χ2n) is 4.22. The number of aromatic amines is 1. The van der Waals surface area contributed by atoms with E-state index in [0.29, 0.717) is 4.77 Å². The quantitative estimate of drug-likeness (QED) is 0.583. The number of hydrogen-bond acceptors (Lipinski definition) is 2. The lowest BCUT2D eigenvalue weighted by molar-refractivity contribution is 0.415. The molecule has 20 heavy (non-hydrogen) atoms. The van der Waals surface area contributed by atoms with Gasteiger partial charge in [-0.05, 0) is 68.3 Å². The first-order chi connectivity index (χ1) is 9.61. The van der Waals surface area contributed by atoms with Gasteiger partial charge >= 0.3 is 0 Å². The third-order valence-electron chi connectivity index (χ3n) is 3.05. The van der Waals surface area contributed by atoms with Crippen LogP contribution in [0.1, 0.15) is 0 Å². The Kier molecular flexibility index (Phi) is 3.70. The Labute approximate surface area is 137 Å². The van der Waals surface area contributed by atoms with Gasteiger partial charge in [-0.25, -0.2) is 0 Å². The zero-order valence-electron chi connectivity index (χ0n) is 10.5. The zero-order valence-corrected chi connectivity index (χ0v) is 14.5. The van der Waals surface area contributed by atoms with E-state index in [4.69, 9.17) is 17.0 Å². The monoisotopic (exact) mass is 412 g/mol. The van der Waals surface area contributed by atoms with Gasteiger partial charge in [-0.15, -0.1) is 0 Å². The number of rotatable bonds is 2. The third kappa shape index (κ3) is 2.21. The molecule has 0 spiro atoms. The van der Waals surface area contributed by atoms with Gasteiger partial charge in [0.2, 0.25) is 0 Å². The number of hydrogen-bond donors (Lipinski definition) is 1. The Morgan fingerprint density at radius 3 is 2.50 bits per heavy atom. The summed E-state index contributed by atoms with van der Waals surface area (Å²) in [6.07, 6.45) is 0. The van der Waals surface area contributed by atoms with Gasteiger partial charge < -0.3 is 9.72 Å². The number of ether oxygens (including phenoxy) is 1. The number of methoxy groups -OCH3 is 1. The Balaban J connectivity index is 2.41. The molecule has 0 radical (unpaired) electrons. The molecule has 1 aromatic heterocycles. The van der Waals surface area contributed by atoms with E-state index < -0.39 is 0 Å². The third-order valence-corrected chi connectivity index (χ3v) is 4.62. The fraction of sp³-hybridized carbons (Fsp3) is 0.0714. The molecule has 0 aliphatic heterocycles. The molecule has 0 unspecified atom stereocenters. The molecule has 0 aliphatic carbocycles. The van der Waals surface area contributed by atoms with Crippen LogP contribution in [0.2, 0.25) is 0 Å². The number of para-hydroxylation sites is 1. The summed E-state index contributed by atoms with van der Waals surface area (Å²) in [5, 5.41) is 0. The summed E-state index contributed by atoms with van der Waals surface area (Å²) in [7, 11) is 1.65. The highest BCUT2D eigenvalue weighted by Crippen LogP contribution is 2.33. The highest BCUT2D eigenvalue weighted by atomic mass is 79.9. The van der Waals surface area contributed by atoms with Gasteiger partial charge in [-0.2, -0.15) is 0 Å². The number of imidazole rings is 1. The maximum Gasteiger partial charge on any atom is 0.182 e. The minimum Gasteiger partial charge on any atom is -0.497 e. The molecule has 0 fully saturated rings. The van der Waals surface area contributed by atoms with Crippen molar-refractivity contribution in [2.45, 2.75) is 0 Å². The first kappa shape index (κ1) is 13.9. The molecule has 1 N–H and O–H groups in total.